The van der Waals surface area contributed by atoms with E-state index >= 15 is 0 Å². The zero-order chi connectivity index (χ0) is 10.8. The number of alkyl halides is 3. The quantitative estimate of drug-likeness (QED) is 0.733. The van der Waals surface area contributed by atoms with Crippen molar-refractivity contribution in [3.8, 4) is 0 Å². The van der Waals surface area contributed by atoms with E-state index in [1.807, 2.05) is 0 Å². The van der Waals surface area contributed by atoms with Crippen molar-refractivity contribution in [2.24, 2.45) is 5.92 Å². The average molecular weight is 212 g/mol. The fourth-order valence-corrected chi connectivity index (χ4v) is 1.88. The molecule has 1 fully saturated rings. The molecule has 0 spiro atoms. The van der Waals surface area contributed by atoms with Gasteiger partial charge in [-0.3, -0.25) is 0 Å². The van der Waals surface area contributed by atoms with Crippen LogP contribution in [0.5, 0.6) is 0 Å². The summed E-state index contributed by atoms with van der Waals surface area (Å²) in [7, 11) is 0. The van der Waals surface area contributed by atoms with Crippen LogP contribution < -0.4 is 0 Å². The van der Waals surface area contributed by atoms with E-state index in [9.17, 15) is 18.3 Å². The first-order valence-corrected chi connectivity index (χ1v) is 4.84. The summed E-state index contributed by atoms with van der Waals surface area (Å²) >= 11 is 0. The van der Waals surface area contributed by atoms with E-state index in [1.54, 1.807) is 0 Å². The third-order valence-electron chi connectivity index (χ3n) is 2.77. The molecule has 2 N–H and O–H groups in total. The highest BCUT2D eigenvalue weighted by molar-refractivity contribution is 4.79. The molecule has 1 aliphatic carbocycles. The van der Waals surface area contributed by atoms with Gasteiger partial charge >= 0.3 is 6.18 Å². The number of hydrogen-bond donors (Lipinski definition) is 2. The van der Waals surface area contributed by atoms with Gasteiger partial charge in [-0.2, -0.15) is 13.2 Å². The van der Waals surface area contributed by atoms with Gasteiger partial charge in [0, 0.05) is 0 Å². The summed E-state index contributed by atoms with van der Waals surface area (Å²) in [5, 5.41) is 18.2. The minimum atomic E-state index is -4.56. The van der Waals surface area contributed by atoms with Crippen LogP contribution in [0.4, 0.5) is 13.2 Å². The maximum Gasteiger partial charge on any atom is 0.414 e. The minimum absolute atomic E-state index is 0.370. The van der Waals surface area contributed by atoms with Crippen molar-refractivity contribution in [1.82, 2.24) is 0 Å². The molecule has 0 aromatic carbocycles. The van der Waals surface area contributed by atoms with E-state index in [0.29, 0.717) is 12.8 Å². The topological polar surface area (TPSA) is 40.5 Å². The van der Waals surface area contributed by atoms with Gasteiger partial charge in [-0.15, -0.1) is 0 Å². The third-order valence-corrected chi connectivity index (χ3v) is 2.77. The smallest absolute Gasteiger partial charge is 0.393 e. The fourth-order valence-electron chi connectivity index (χ4n) is 1.88. The first-order chi connectivity index (χ1) is 6.41. The van der Waals surface area contributed by atoms with Crippen molar-refractivity contribution in [2.45, 2.75) is 50.5 Å². The van der Waals surface area contributed by atoms with Crippen molar-refractivity contribution >= 4 is 0 Å². The maximum atomic E-state index is 12.0. The molecule has 0 aromatic heterocycles. The van der Waals surface area contributed by atoms with Gasteiger partial charge in [0.05, 0.1) is 6.10 Å². The summed E-state index contributed by atoms with van der Waals surface area (Å²) in [4.78, 5) is 0. The van der Waals surface area contributed by atoms with Gasteiger partial charge in [-0.25, -0.2) is 0 Å². The van der Waals surface area contributed by atoms with Gasteiger partial charge in [0.25, 0.3) is 0 Å². The molecular formula is C9H15F3O2. The van der Waals surface area contributed by atoms with E-state index in [-0.39, 0.29) is 6.42 Å². The van der Waals surface area contributed by atoms with Crippen LogP contribution in [-0.4, -0.2) is 28.6 Å². The molecule has 0 saturated heterocycles. The molecule has 1 saturated carbocycles. The van der Waals surface area contributed by atoms with Crippen LogP contribution in [0.15, 0.2) is 0 Å². The molecule has 5 heteroatoms. The first-order valence-electron chi connectivity index (χ1n) is 4.84. The predicted octanol–water partition coefficient (Wildman–Crippen LogP) is 1.85. The Morgan fingerprint density at radius 1 is 1.21 bits per heavy atom. The molecule has 0 aromatic rings. The van der Waals surface area contributed by atoms with Gasteiger partial charge < -0.3 is 10.2 Å². The Balaban J connectivity index is 2.42. The van der Waals surface area contributed by atoms with Crippen LogP contribution in [0.25, 0.3) is 0 Å². The minimum Gasteiger partial charge on any atom is -0.393 e. The Morgan fingerprint density at radius 2 is 1.79 bits per heavy atom. The van der Waals surface area contributed by atoms with E-state index in [4.69, 9.17) is 5.11 Å². The molecule has 3 atom stereocenters. The largest absolute Gasteiger partial charge is 0.414 e. The number of halogens is 3. The van der Waals surface area contributed by atoms with Gasteiger partial charge in [0.1, 0.15) is 6.10 Å². The second-order valence-electron chi connectivity index (χ2n) is 3.90. The highest BCUT2D eigenvalue weighted by atomic mass is 19.4. The summed E-state index contributed by atoms with van der Waals surface area (Å²) in [5.41, 5.74) is 0. The first kappa shape index (κ1) is 11.8. The lowest BCUT2D eigenvalue weighted by atomic mass is 9.83. The third kappa shape index (κ3) is 3.13. The van der Waals surface area contributed by atoms with Gasteiger partial charge in [-0.1, -0.05) is 12.8 Å². The Hall–Kier alpha value is -0.290. The maximum absolute atomic E-state index is 12.0. The SMILES string of the molecule is OC1CCCCC1CC(O)C(F)(F)F. The number of aliphatic hydroxyl groups is 2. The molecular weight excluding hydrogens is 197 g/mol. The van der Waals surface area contributed by atoms with Gasteiger partial charge in [-0.05, 0) is 25.2 Å². The predicted molar refractivity (Wildman–Crippen MR) is 44.6 cm³/mol. The summed E-state index contributed by atoms with van der Waals surface area (Å²) in [6, 6.07) is 0. The van der Waals surface area contributed by atoms with Crippen LogP contribution in [0.3, 0.4) is 0 Å². The molecule has 2 nitrogen and oxygen atoms in total. The summed E-state index contributed by atoms with van der Waals surface area (Å²) < 4.78 is 36.0. The molecule has 0 bridgehead atoms. The van der Waals surface area contributed by atoms with Crippen LogP contribution >= 0.6 is 0 Å². The highest BCUT2D eigenvalue weighted by Crippen LogP contribution is 2.32. The van der Waals surface area contributed by atoms with Crippen LogP contribution in [-0.2, 0) is 0 Å². The second-order valence-corrected chi connectivity index (χ2v) is 3.90. The van der Waals surface area contributed by atoms with E-state index in [2.05, 4.69) is 0 Å². The lowest BCUT2D eigenvalue weighted by Crippen LogP contribution is -2.35. The van der Waals surface area contributed by atoms with Gasteiger partial charge in [0.15, 0.2) is 0 Å². The number of rotatable bonds is 2. The fraction of sp³-hybridized carbons (Fsp3) is 1.00. The Morgan fingerprint density at radius 3 is 2.29 bits per heavy atom. The van der Waals surface area contributed by atoms with Crippen molar-refractivity contribution in [3.05, 3.63) is 0 Å². The van der Waals surface area contributed by atoms with Crippen LogP contribution in [0.1, 0.15) is 32.1 Å². The Labute approximate surface area is 80.7 Å². The molecule has 0 heterocycles. The molecule has 14 heavy (non-hydrogen) atoms. The average Bonchev–Trinajstić information content (AvgIpc) is 2.07. The molecule has 3 unspecified atom stereocenters. The normalized spacial score (nSPS) is 31.5. The Bertz CT molecular complexity index is 181. The highest BCUT2D eigenvalue weighted by Gasteiger charge is 2.40. The van der Waals surface area contributed by atoms with E-state index in [1.165, 1.54) is 0 Å². The lowest BCUT2D eigenvalue weighted by Gasteiger charge is -2.29. The molecule has 0 radical (unpaired) electrons. The van der Waals surface area contributed by atoms with Crippen molar-refractivity contribution < 1.29 is 23.4 Å². The molecule has 84 valence electrons. The standard InChI is InChI=1S/C9H15F3O2/c10-9(11,12)8(14)5-6-3-1-2-4-7(6)13/h6-8,13-14H,1-5H2. The van der Waals surface area contributed by atoms with Crippen LogP contribution in [0, 0.1) is 5.92 Å². The molecule has 1 aliphatic rings. The Kier molecular flexibility index (Phi) is 3.78. The van der Waals surface area contributed by atoms with Crippen molar-refractivity contribution in [2.75, 3.05) is 0 Å². The van der Waals surface area contributed by atoms with Crippen LogP contribution in [0.2, 0.25) is 0 Å². The molecule has 0 amide bonds. The zero-order valence-corrected chi connectivity index (χ0v) is 7.80. The van der Waals surface area contributed by atoms with E-state index in [0.717, 1.165) is 12.8 Å². The van der Waals surface area contributed by atoms with Crippen molar-refractivity contribution in [1.29, 1.82) is 0 Å². The number of hydrogen-bond acceptors (Lipinski definition) is 2. The lowest BCUT2D eigenvalue weighted by molar-refractivity contribution is -0.211. The second kappa shape index (κ2) is 4.49. The monoisotopic (exact) mass is 212 g/mol. The summed E-state index contributed by atoms with van der Waals surface area (Å²) in [5.74, 6) is -0.402. The van der Waals surface area contributed by atoms with Crippen molar-refractivity contribution in [3.63, 3.8) is 0 Å². The zero-order valence-electron chi connectivity index (χ0n) is 7.80. The van der Waals surface area contributed by atoms with Gasteiger partial charge in [0.2, 0.25) is 0 Å². The molecule has 1 rings (SSSR count). The number of aliphatic hydroxyl groups excluding tert-OH is 2. The molecule has 0 aliphatic heterocycles. The summed E-state index contributed by atoms with van der Waals surface area (Å²) in [6.07, 6.45) is -5.07. The van der Waals surface area contributed by atoms with E-state index < -0.39 is 24.3 Å². The summed E-state index contributed by atoms with van der Waals surface area (Å²) in [6.45, 7) is 0.